The second kappa shape index (κ2) is 4.98. The Balaban J connectivity index is 2.17. The Morgan fingerprint density at radius 2 is 2.12 bits per heavy atom. The molecule has 2 nitrogen and oxygen atoms in total. The maximum Gasteiger partial charge on any atom is 0.145 e. The second-order valence-electron chi connectivity index (χ2n) is 3.98. The largest absolute Gasteiger partial charge is 0.486 e. The van der Waals surface area contributed by atoms with Crippen LogP contribution in [-0.4, -0.2) is 0 Å². The van der Waals surface area contributed by atoms with Gasteiger partial charge in [0.2, 0.25) is 0 Å². The number of nitrogens with two attached hydrogens (primary N) is 1. The molecule has 0 aliphatic carbocycles. The molecule has 2 rings (SSSR count). The zero-order valence-corrected chi connectivity index (χ0v) is 11.4. The van der Waals surface area contributed by atoms with E-state index in [1.165, 1.54) is 0 Å². The molecular weight excluding hydrogens is 254 g/mol. The third-order valence-electron chi connectivity index (χ3n) is 2.49. The Bertz CT molecular complexity index is 513. The molecule has 0 bridgehead atoms. The molecule has 0 saturated heterocycles. The zero-order valence-electron chi connectivity index (χ0n) is 9.79. The molecule has 2 N–H and O–H groups in total. The van der Waals surface area contributed by atoms with Crippen molar-refractivity contribution in [1.82, 2.24) is 0 Å². The molecule has 4 heteroatoms. The van der Waals surface area contributed by atoms with Crippen LogP contribution in [0.4, 0.5) is 5.69 Å². The predicted octanol–water partition coefficient (Wildman–Crippen LogP) is 4.18. The number of hydrogen-bond donors (Lipinski definition) is 1. The summed E-state index contributed by atoms with van der Waals surface area (Å²) in [5, 5.41) is 2.70. The van der Waals surface area contributed by atoms with Crippen LogP contribution < -0.4 is 10.5 Å². The van der Waals surface area contributed by atoms with Crippen molar-refractivity contribution < 1.29 is 4.74 Å². The lowest BCUT2D eigenvalue weighted by molar-refractivity contribution is 0.309. The quantitative estimate of drug-likeness (QED) is 0.847. The molecule has 0 amide bonds. The highest BCUT2D eigenvalue weighted by molar-refractivity contribution is 7.10. The lowest BCUT2D eigenvalue weighted by Crippen LogP contribution is -2.00. The lowest BCUT2D eigenvalue weighted by Gasteiger charge is -2.12. The lowest BCUT2D eigenvalue weighted by atomic mass is 10.1. The van der Waals surface area contributed by atoms with E-state index in [4.69, 9.17) is 22.1 Å². The van der Waals surface area contributed by atoms with E-state index >= 15 is 0 Å². The number of benzene rings is 1. The first-order valence-electron chi connectivity index (χ1n) is 5.29. The van der Waals surface area contributed by atoms with Crippen molar-refractivity contribution in [3.8, 4) is 5.75 Å². The summed E-state index contributed by atoms with van der Waals surface area (Å²) in [6.45, 7) is 4.47. The summed E-state index contributed by atoms with van der Waals surface area (Å²) in [5.41, 5.74) is 8.81. The first-order valence-corrected chi connectivity index (χ1v) is 6.55. The second-order valence-corrected chi connectivity index (χ2v) is 5.39. The number of ether oxygens (including phenoxy) is 1. The Kier molecular flexibility index (Phi) is 3.60. The van der Waals surface area contributed by atoms with Crippen LogP contribution in [-0.2, 0) is 6.61 Å². The minimum Gasteiger partial charge on any atom is -0.486 e. The van der Waals surface area contributed by atoms with E-state index in [0.29, 0.717) is 12.3 Å². The van der Waals surface area contributed by atoms with Gasteiger partial charge >= 0.3 is 0 Å². The van der Waals surface area contributed by atoms with E-state index in [1.807, 2.05) is 31.4 Å². The van der Waals surface area contributed by atoms with Crippen LogP contribution in [0.1, 0.15) is 16.0 Å². The highest BCUT2D eigenvalue weighted by Crippen LogP contribution is 2.30. The van der Waals surface area contributed by atoms with Crippen LogP contribution in [0.5, 0.6) is 5.75 Å². The fraction of sp³-hybridized carbons (Fsp3) is 0.231. The van der Waals surface area contributed by atoms with Crippen LogP contribution in [0.2, 0.25) is 5.02 Å². The molecule has 17 heavy (non-hydrogen) atoms. The Morgan fingerprint density at radius 3 is 2.71 bits per heavy atom. The van der Waals surface area contributed by atoms with Crippen molar-refractivity contribution >= 4 is 28.6 Å². The Hall–Kier alpha value is -1.19. The van der Waals surface area contributed by atoms with Gasteiger partial charge in [-0.15, -0.1) is 11.3 Å². The summed E-state index contributed by atoms with van der Waals surface area (Å²) in [4.78, 5) is 1.02. The first kappa shape index (κ1) is 12.3. The highest BCUT2D eigenvalue weighted by Gasteiger charge is 2.08. The minimum absolute atomic E-state index is 0.463. The number of anilines is 1. The molecular formula is C13H14ClNOS. The zero-order chi connectivity index (χ0) is 12.4. The number of rotatable bonds is 3. The Labute approximate surface area is 110 Å². The minimum atomic E-state index is 0.463. The summed E-state index contributed by atoms with van der Waals surface area (Å²) in [7, 11) is 0. The first-order chi connectivity index (χ1) is 8.08. The number of hydrogen-bond acceptors (Lipinski definition) is 3. The van der Waals surface area contributed by atoms with Crippen LogP contribution in [0.25, 0.3) is 0 Å². The van der Waals surface area contributed by atoms with Gasteiger partial charge in [0.05, 0.1) is 15.6 Å². The Morgan fingerprint density at radius 1 is 1.35 bits per heavy atom. The molecule has 1 aromatic carbocycles. The van der Waals surface area contributed by atoms with Gasteiger partial charge in [0.15, 0.2) is 0 Å². The van der Waals surface area contributed by atoms with Crippen molar-refractivity contribution in [3.63, 3.8) is 0 Å². The molecule has 0 fully saturated rings. The summed E-state index contributed by atoms with van der Waals surface area (Å²) in [5.74, 6) is 0.750. The summed E-state index contributed by atoms with van der Waals surface area (Å²) in [6, 6.07) is 5.84. The van der Waals surface area contributed by atoms with E-state index in [1.54, 1.807) is 11.3 Å². The molecule has 0 spiro atoms. The van der Waals surface area contributed by atoms with Crippen molar-refractivity contribution in [2.75, 3.05) is 5.73 Å². The number of nitrogen functional groups attached to an aromatic ring is 1. The summed E-state index contributed by atoms with van der Waals surface area (Å²) < 4.78 is 5.75. The smallest absolute Gasteiger partial charge is 0.145 e. The molecule has 0 atom stereocenters. The fourth-order valence-corrected chi connectivity index (χ4v) is 2.75. The van der Waals surface area contributed by atoms with E-state index in [0.717, 1.165) is 26.8 Å². The normalized spacial score (nSPS) is 10.5. The molecule has 0 aliphatic rings. The molecule has 1 heterocycles. The number of thiophene rings is 1. The highest BCUT2D eigenvalue weighted by atomic mass is 35.5. The van der Waals surface area contributed by atoms with Crippen LogP contribution >= 0.6 is 22.9 Å². The average Bonchev–Trinajstić information content (AvgIpc) is 2.62. The van der Waals surface area contributed by atoms with E-state index in [2.05, 4.69) is 6.07 Å². The average molecular weight is 268 g/mol. The third-order valence-corrected chi connectivity index (χ3v) is 3.85. The molecule has 2 aromatic rings. The number of halogens is 1. The van der Waals surface area contributed by atoms with Gasteiger partial charge < -0.3 is 10.5 Å². The van der Waals surface area contributed by atoms with Crippen LogP contribution in [0, 0.1) is 13.8 Å². The van der Waals surface area contributed by atoms with Gasteiger partial charge in [-0.25, -0.2) is 0 Å². The molecule has 0 radical (unpaired) electrons. The van der Waals surface area contributed by atoms with E-state index < -0.39 is 0 Å². The number of aryl methyl sites for hydroxylation is 2. The fourth-order valence-electron chi connectivity index (χ4n) is 1.75. The van der Waals surface area contributed by atoms with E-state index in [9.17, 15) is 0 Å². The van der Waals surface area contributed by atoms with Crippen molar-refractivity contribution in [3.05, 3.63) is 44.6 Å². The molecule has 90 valence electrons. The maximum atomic E-state index is 6.01. The monoisotopic (exact) mass is 267 g/mol. The van der Waals surface area contributed by atoms with Gasteiger partial charge in [-0.1, -0.05) is 17.7 Å². The molecule has 0 saturated carbocycles. The van der Waals surface area contributed by atoms with Crippen molar-refractivity contribution in [2.45, 2.75) is 20.5 Å². The van der Waals surface area contributed by atoms with Crippen molar-refractivity contribution in [2.24, 2.45) is 0 Å². The SMILES string of the molecule is Cc1cc(C)c(OCc2sccc2Cl)c(N)c1. The maximum absolute atomic E-state index is 6.01. The van der Waals surface area contributed by atoms with Crippen LogP contribution in [0.3, 0.4) is 0 Å². The van der Waals surface area contributed by atoms with Gasteiger partial charge in [0.25, 0.3) is 0 Å². The third kappa shape index (κ3) is 2.73. The molecule has 1 aromatic heterocycles. The van der Waals surface area contributed by atoms with Crippen molar-refractivity contribution in [1.29, 1.82) is 0 Å². The van der Waals surface area contributed by atoms with E-state index in [-0.39, 0.29) is 0 Å². The summed E-state index contributed by atoms with van der Waals surface area (Å²) in [6.07, 6.45) is 0. The topological polar surface area (TPSA) is 35.2 Å². The molecule has 0 unspecified atom stereocenters. The van der Waals surface area contributed by atoms with Gasteiger partial charge in [-0.3, -0.25) is 0 Å². The predicted molar refractivity (Wildman–Crippen MR) is 74.0 cm³/mol. The van der Waals surface area contributed by atoms with Gasteiger partial charge in [-0.05, 0) is 42.5 Å². The molecule has 0 aliphatic heterocycles. The van der Waals surface area contributed by atoms with Crippen LogP contribution in [0.15, 0.2) is 23.6 Å². The standard InChI is InChI=1S/C13H14ClNOS/c1-8-5-9(2)13(11(15)6-8)16-7-12-10(14)3-4-17-12/h3-6H,7,15H2,1-2H3. The summed E-state index contributed by atoms with van der Waals surface area (Å²) >= 11 is 7.60. The van der Waals surface area contributed by atoms with Gasteiger partial charge in [0, 0.05) is 0 Å². The van der Waals surface area contributed by atoms with Gasteiger partial charge in [-0.2, -0.15) is 0 Å². The van der Waals surface area contributed by atoms with Gasteiger partial charge in [0.1, 0.15) is 12.4 Å².